The third kappa shape index (κ3) is 5.18. The molecule has 166 valence electrons. The fraction of sp³-hybridized carbons (Fsp3) is 0.148. The maximum absolute atomic E-state index is 12.5. The fourth-order valence-electron chi connectivity index (χ4n) is 3.28. The smallest absolute Gasteiger partial charge is 0.363 e. The minimum atomic E-state index is -0.528. The quantitative estimate of drug-likeness (QED) is 0.296. The number of carbonyl (C=O) groups is 2. The van der Waals surface area contributed by atoms with Crippen molar-refractivity contribution >= 4 is 23.9 Å². The van der Waals surface area contributed by atoms with Crippen LogP contribution in [0.4, 0.5) is 0 Å². The molecule has 1 aliphatic heterocycles. The van der Waals surface area contributed by atoms with Gasteiger partial charge in [-0.3, -0.25) is 0 Å². The molecular formula is C27H23NO5. The first-order valence-corrected chi connectivity index (χ1v) is 10.6. The van der Waals surface area contributed by atoms with Crippen LogP contribution in [-0.2, 0) is 9.53 Å². The van der Waals surface area contributed by atoms with Crippen molar-refractivity contribution in [2.75, 3.05) is 6.61 Å². The van der Waals surface area contributed by atoms with Crippen LogP contribution in [0.25, 0.3) is 6.08 Å². The second-order valence-electron chi connectivity index (χ2n) is 7.60. The van der Waals surface area contributed by atoms with Gasteiger partial charge in [-0.25, -0.2) is 14.6 Å². The maximum Gasteiger partial charge on any atom is 0.363 e. The van der Waals surface area contributed by atoms with Crippen LogP contribution in [0.5, 0.6) is 11.5 Å². The summed E-state index contributed by atoms with van der Waals surface area (Å²) in [4.78, 5) is 29.2. The molecule has 0 N–H and O–H groups in total. The Bertz CT molecular complexity index is 1270. The molecule has 0 amide bonds. The van der Waals surface area contributed by atoms with Crippen LogP contribution in [-0.4, -0.2) is 24.4 Å². The summed E-state index contributed by atoms with van der Waals surface area (Å²) in [5, 5.41) is 0. The molecule has 0 atom stereocenters. The number of hydrogen-bond donors (Lipinski definition) is 0. The van der Waals surface area contributed by atoms with Crippen molar-refractivity contribution in [3.63, 3.8) is 0 Å². The van der Waals surface area contributed by atoms with Crippen LogP contribution >= 0.6 is 0 Å². The molecule has 0 unspecified atom stereocenters. The second-order valence-corrected chi connectivity index (χ2v) is 7.60. The fourth-order valence-corrected chi connectivity index (χ4v) is 3.28. The number of ether oxygens (including phenoxy) is 3. The van der Waals surface area contributed by atoms with Crippen molar-refractivity contribution in [3.05, 3.63) is 100 Å². The molecule has 0 radical (unpaired) electrons. The van der Waals surface area contributed by atoms with Gasteiger partial charge < -0.3 is 14.2 Å². The molecule has 0 fully saturated rings. The lowest BCUT2D eigenvalue weighted by molar-refractivity contribution is -0.129. The van der Waals surface area contributed by atoms with Gasteiger partial charge in [0.1, 0.15) is 0 Å². The Morgan fingerprint density at radius 1 is 0.970 bits per heavy atom. The lowest BCUT2D eigenvalue weighted by Gasteiger charge is -2.11. The Labute approximate surface area is 192 Å². The highest BCUT2D eigenvalue weighted by atomic mass is 16.6. The molecule has 0 saturated carbocycles. The molecule has 1 aliphatic rings. The first-order valence-electron chi connectivity index (χ1n) is 10.6. The molecule has 33 heavy (non-hydrogen) atoms. The van der Waals surface area contributed by atoms with Crippen LogP contribution in [0.15, 0.2) is 77.4 Å². The van der Waals surface area contributed by atoms with Crippen LogP contribution in [0.1, 0.15) is 39.5 Å². The lowest BCUT2D eigenvalue weighted by Crippen LogP contribution is -2.09. The van der Waals surface area contributed by atoms with Gasteiger partial charge in [0.25, 0.3) is 0 Å². The lowest BCUT2D eigenvalue weighted by atomic mass is 10.1. The highest BCUT2D eigenvalue weighted by Crippen LogP contribution is 2.31. The molecule has 3 aromatic carbocycles. The van der Waals surface area contributed by atoms with Gasteiger partial charge in [0.15, 0.2) is 17.2 Å². The van der Waals surface area contributed by atoms with E-state index in [4.69, 9.17) is 14.2 Å². The number of esters is 2. The highest BCUT2D eigenvalue weighted by Gasteiger charge is 2.24. The number of aryl methyl sites for hydroxylation is 2. The van der Waals surface area contributed by atoms with E-state index in [1.54, 1.807) is 36.4 Å². The largest absolute Gasteiger partial charge is 0.490 e. The first kappa shape index (κ1) is 22.0. The van der Waals surface area contributed by atoms with E-state index in [9.17, 15) is 9.59 Å². The normalized spacial score (nSPS) is 14.1. The Kier molecular flexibility index (Phi) is 6.36. The van der Waals surface area contributed by atoms with Gasteiger partial charge in [-0.2, -0.15) is 0 Å². The number of hydrogen-bond acceptors (Lipinski definition) is 6. The zero-order valence-electron chi connectivity index (χ0n) is 18.6. The zero-order valence-corrected chi connectivity index (χ0v) is 18.6. The summed E-state index contributed by atoms with van der Waals surface area (Å²) in [5.41, 5.74) is 4.12. The molecule has 1 heterocycles. The van der Waals surface area contributed by atoms with Crippen molar-refractivity contribution in [1.82, 2.24) is 0 Å². The van der Waals surface area contributed by atoms with E-state index in [0.717, 1.165) is 16.7 Å². The van der Waals surface area contributed by atoms with Crippen molar-refractivity contribution in [2.24, 2.45) is 4.99 Å². The monoisotopic (exact) mass is 441 g/mol. The molecule has 3 aromatic rings. The van der Waals surface area contributed by atoms with Gasteiger partial charge in [-0.05, 0) is 68.8 Å². The zero-order chi connectivity index (χ0) is 23.4. The van der Waals surface area contributed by atoms with Gasteiger partial charge in [-0.1, -0.05) is 41.5 Å². The minimum absolute atomic E-state index is 0.179. The predicted octanol–water partition coefficient (Wildman–Crippen LogP) is 5.27. The van der Waals surface area contributed by atoms with E-state index in [1.807, 2.05) is 57.2 Å². The van der Waals surface area contributed by atoms with E-state index in [2.05, 4.69) is 4.99 Å². The van der Waals surface area contributed by atoms with Gasteiger partial charge in [0.2, 0.25) is 5.90 Å². The summed E-state index contributed by atoms with van der Waals surface area (Å²) in [6, 6.07) is 19.8. The standard InChI is InChI=1S/C27H23NO5/c1-4-31-24-16-19(10-13-23(24)32-26(29)20-11-8-17(2)9-12-20)15-22-27(30)33-25(28-22)21-7-5-6-18(3)14-21/h5-16H,4H2,1-3H3/b22-15-. The Hall–Kier alpha value is -4.19. The number of aliphatic imine (C=N–C) groups is 1. The van der Waals surface area contributed by atoms with E-state index in [1.165, 1.54) is 0 Å². The van der Waals surface area contributed by atoms with Crippen molar-refractivity contribution < 1.29 is 23.8 Å². The minimum Gasteiger partial charge on any atom is -0.490 e. The van der Waals surface area contributed by atoms with E-state index >= 15 is 0 Å². The number of rotatable bonds is 6. The third-order valence-corrected chi connectivity index (χ3v) is 4.95. The van der Waals surface area contributed by atoms with E-state index < -0.39 is 11.9 Å². The predicted molar refractivity (Wildman–Crippen MR) is 126 cm³/mol. The first-order chi connectivity index (χ1) is 15.9. The summed E-state index contributed by atoms with van der Waals surface area (Å²) in [5.74, 6) is -0.0547. The molecule has 4 rings (SSSR count). The molecule has 0 spiro atoms. The number of benzene rings is 3. The molecule has 0 aliphatic carbocycles. The Morgan fingerprint density at radius 2 is 1.76 bits per heavy atom. The van der Waals surface area contributed by atoms with Gasteiger partial charge in [-0.15, -0.1) is 0 Å². The van der Waals surface area contributed by atoms with Gasteiger partial charge >= 0.3 is 11.9 Å². The molecule has 0 bridgehead atoms. The summed E-state index contributed by atoms with van der Waals surface area (Å²) < 4.78 is 16.6. The number of cyclic esters (lactones) is 1. The third-order valence-electron chi connectivity index (χ3n) is 4.95. The molecule has 6 nitrogen and oxygen atoms in total. The van der Waals surface area contributed by atoms with E-state index in [-0.39, 0.29) is 11.6 Å². The van der Waals surface area contributed by atoms with Gasteiger partial charge in [0, 0.05) is 5.56 Å². The molecule has 6 heteroatoms. The second kappa shape index (κ2) is 9.53. The summed E-state index contributed by atoms with van der Waals surface area (Å²) in [6.07, 6.45) is 1.61. The number of nitrogens with zero attached hydrogens (tertiary/aromatic N) is 1. The van der Waals surface area contributed by atoms with Crippen LogP contribution in [0.2, 0.25) is 0 Å². The Morgan fingerprint density at radius 3 is 2.48 bits per heavy atom. The Balaban J connectivity index is 1.59. The van der Waals surface area contributed by atoms with Gasteiger partial charge in [0.05, 0.1) is 12.2 Å². The van der Waals surface area contributed by atoms with E-state index in [0.29, 0.717) is 29.2 Å². The van der Waals surface area contributed by atoms with Crippen molar-refractivity contribution in [2.45, 2.75) is 20.8 Å². The summed E-state index contributed by atoms with van der Waals surface area (Å²) in [6.45, 7) is 6.12. The number of carbonyl (C=O) groups excluding carboxylic acids is 2. The summed E-state index contributed by atoms with van der Waals surface area (Å²) >= 11 is 0. The van der Waals surface area contributed by atoms with Crippen molar-refractivity contribution in [3.8, 4) is 11.5 Å². The molecular weight excluding hydrogens is 418 g/mol. The van der Waals surface area contributed by atoms with Crippen LogP contribution < -0.4 is 9.47 Å². The highest BCUT2D eigenvalue weighted by molar-refractivity contribution is 6.12. The maximum atomic E-state index is 12.5. The van der Waals surface area contributed by atoms with Crippen LogP contribution in [0, 0.1) is 13.8 Å². The topological polar surface area (TPSA) is 74.2 Å². The molecule has 0 aromatic heterocycles. The average molecular weight is 441 g/mol. The van der Waals surface area contributed by atoms with Crippen LogP contribution in [0.3, 0.4) is 0 Å². The average Bonchev–Trinajstić information content (AvgIpc) is 3.16. The SMILES string of the molecule is CCOc1cc(/C=C2\N=C(c3cccc(C)c3)OC2=O)ccc1OC(=O)c1ccc(C)cc1. The molecule has 0 saturated heterocycles. The van der Waals surface area contributed by atoms with Crippen molar-refractivity contribution in [1.29, 1.82) is 0 Å². The summed E-state index contributed by atoms with van der Waals surface area (Å²) in [7, 11) is 0.